The van der Waals surface area contributed by atoms with E-state index in [9.17, 15) is 18.0 Å². The molecule has 0 fully saturated rings. The molecule has 2 N–H and O–H groups in total. The van der Waals surface area contributed by atoms with Gasteiger partial charge in [-0.1, -0.05) is 17.7 Å². The molecule has 0 bridgehead atoms. The van der Waals surface area contributed by atoms with Crippen molar-refractivity contribution in [1.82, 2.24) is 9.97 Å². The van der Waals surface area contributed by atoms with E-state index in [2.05, 4.69) is 20.6 Å². The Bertz CT molecular complexity index is 1030. The van der Waals surface area contributed by atoms with Gasteiger partial charge >= 0.3 is 0 Å². The molecule has 1 aromatic heterocycles. The fourth-order valence-electron chi connectivity index (χ4n) is 2.15. The third-order valence-electron chi connectivity index (χ3n) is 3.60. The van der Waals surface area contributed by atoms with Crippen molar-refractivity contribution < 1.29 is 18.0 Å². The van der Waals surface area contributed by atoms with Crippen molar-refractivity contribution in [2.75, 3.05) is 10.6 Å². The van der Waals surface area contributed by atoms with Crippen LogP contribution in [0.4, 0.5) is 30.5 Å². The van der Waals surface area contributed by atoms with Crippen LogP contribution in [0.2, 0.25) is 5.02 Å². The van der Waals surface area contributed by atoms with E-state index in [0.717, 1.165) is 17.7 Å². The number of aromatic nitrogens is 2. The number of hydrogen-bond donors (Lipinski definition) is 2. The first-order valence-electron chi connectivity index (χ1n) is 7.66. The normalized spacial score (nSPS) is 10.6. The van der Waals surface area contributed by atoms with Crippen LogP contribution in [0.1, 0.15) is 16.1 Å². The molecular formula is C18H12ClF3N4O. The molecule has 1 heterocycles. The summed E-state index contributed by atoms with van der Waals surface area (Å²) in [5, 5.41) is 5.52. The number of nitrogens with zero attached hydrogens (tertiary/aromatic N) is 2. The zero-order valence-electron chi connectivity index (χ0n) is 13.9. The van der Waals surface area contributed by atoms with Gasteiger partial charge in [0, 0.05) is 16.9 Å². The Morgan fingerprint density at radius 1 is 1.07 bits per heavy atom. The highest BCUT2D eigenvalue weighted by Gasteiger charge is 2.15. The number of halogens is 4. The maximum atomic E-state index is 13.7. The van der Waals surface area contributed by atoms with Gasteiger partial charge in [-0.15, -0.1) is 0 Å². The van der Waals surface area contributed by atoms with Crippen LogP contribution >= 0.6 is 11.6 Å². The van der Waals surface area contributed by atoms with E-state index in [4.69, 9.17) is 11.6 Å². The highest BCUT2D eigenvalue weighted by molar-refractivity contribution is 6.31. The van der Waals surface area contributed by atoms with Gasteiger partial charge in [0.05, 0.1) is 5.69 Å². The summed E-state index contributed by atoms with van der Waals surface area (Å²) >= 11 is 6.02. The summed E-state index contributed by atoms with van der Waals surface area (Å²) in [6.07, 6.45) is 1.27. The van der Waals surface area contributed by atoms with Crippen LogP contribution in [0.3, 0.4) is 0 Å². The van der Waals surface area contributed by atoms with Crippen LogP contribution in [0.5, 0.6) is 0 Å². The summed E-state index contributed by atoms with van der Waals surface area (Å²) in [7, 11) is 0. The minimum absolute atomic E-state index is 0.0211. The lowest BCUT2D eigenvalue weighted by Crippen LogP contribution is -2.15. The average molecular weight is 393 g/mol. The van der Waals surface area contributed by atoms with Crippen molar-refractivity contribution >= 4 is 34.8 Å². The smallest absolute Gasteiger partial charge is 0.274 e. The van der Waals surface area contributed by atoms with Gasteiger partial charge < -0.3 is 10.6 Å². The number of aryl methyl sites for hydroxylation is 1. The van der Waals surface area contributed by atoms with Crippen LogP contribution in [-0.2, 0) is 0 Å². The van der Waals surface area contributed by atoms with Gasteiger partial charge in [-0.2, -0.15) is 0 Å². The molecule has 0 aliphatic rings. The summed E-state index contributed by atoms with van der Waals surface area (Å²) in [6, 6.07) is 8.12. The van der Waals surface area contributed by atoms with Crippen LogP contribution in [0, 0.1) is 24.4 Å². The Balaban J connectivity index is 1.80. The number of hydrogen-bond acceptors (Lipinski definition) is 4. The monoisotopic (exact) mass is 392 g/mol. The van der Waals surface area contributed by atoms with Gasteiger partial charge in [-0.3, -0.25) is 4.79 Å². The van der Waals surface area contributed by atoms with Gasteiger partial charge in [0.1, 0.15) is 5.69 Å². The average Bonchev–Trinajstić information content (AvgIpc) is 2.65. The fraction of sp³-hybridized carbons (Fsp3) is 0.0556. The lowest BCUT2D eigenvalue weighted by molar-refractivity contribution is 0.102. The Morgan fingerprint density at radius 3 is 2.59 bits per heavy atom. The summed E-state index contributed by atoms with van der Waals surface area (Å²) in [4.78, 5) is 20.1. The van der Waals surface area contributed by atoms with Gasteiger partial charge in [-0.25, -0.2) is 23.1 Å². The summed E-state index contributed by atoms with van der Waals surface area (Å²) < 4.78 is 40.0. The number of carbonyl (C=O) groups excluding carboxylic acids is 1. The lowest BCUT2D eigenvalue weighted by Gasteiger charge is -2.09. The largest absolute Gasteiger partial charge is 0.322 e. The van der Waals surface area contributed by atoms with E-state index in [1.165, 1.54) is 12.3 Å². The number of carbonyl (C=O) groups is 1. The van der Waals surface area contributed by atoms with Crippen molar-refractivity contribution in [3.05, 3.63) is 76.3 Å². The Hall–Kier alpha value is -3.13. The molecule has 0 saturated heterocycles. The predicted octanol–water partition coefficient (Wildman–Crippen LogP) is 4.85. The zero-order valence-corrected chi connectivity index (χ0v) is 14.6. The third-order valence-corrected chi connectivity index (χ3v) is 4.01. The second-order valence-electron chi connectivity index (χ2n) is 5.53. The maximum absolute atomic E-state index is 13.7. The molecule has 1 amide bonds. The van der Waals surface area contributed by atoms with E-state index >= 15 is 0 Å². The van der Waals surface area contributed by atoms with Crippen LogP contribution in [0.15, 0.2) is 42.6 Å². The highest BCUT2D eigenvalue weighted by Crippen LogP contribution is 2.23. The third kappa shape index (κ3) is 4.17. The summed E-state index contributed by atoms with van der Waals surface area (Å²) in [5.41, 5.74) is 0.941. The molecule has 5 nitrogen and oxygen atoms in total. The maximum Gasteiger partial charge on any atom is 0.274 e. The molecule has 9 heteroatoms. The fourth-order valence-corrected chi connectivity index (χ4v) is 2.33. The minimum atomic E-state index is -1.62. The van der Waals surface area contributed by atoms with Crippen molar-refractivity contribution in [2.24, 2.45) is 0 Å². The first-order valence-corrected chi connectivity index (χ1v) is 8.04. The molecule has 0 spiro atoms. The molecular weight excluding hydrogens is 381 g/mol. The summed E-state index contributed by atoms with van der Waals surface area (Å²) in [5.74, 6) is -5.06. The Morgan fingerprint density at radius 2 is 1.85 bits per heavy atom. The van der Waals surface area contributed by atoms with E-state index in [0.29, 0.717) is 10.7 Å². The minimum Gasteiger partial charge on any atom is -0.322 e. The van der Waals surface area contributed by atoms with Crippen LogP contribution in [-0.4, -0.2) is 15.9 Å². The van der Waals surface area contributed by atoms with E-state index in [1.54, 1.807) is 18.2 Å². The molecule has 27 heavy (non-hydrogen) atoms. The molecule has 3 rings (SSSR count). The quantitative estimate of drug-likeness (QED) is 0.623. The number of amides is 1. The molecule has 138 valence electrons. The van der Waals surface area contributed by atoms with Gasteiger partial charge in [-0.05, 0) is 42.8 Å². The number of benzene rings is 2. The number of nitrogens with one attached hydrogen (secondary N) is 2. The second-order valence-corrected chi connectivity index (χ2v) is 5.94. The number of anilines is 3. The van der Waals surface area contributed by atoms with E-state index in [-0.39, 0.29) is 17.3 Å². The molecule has 0 aliphatic carbocycles. The second kappa shape index (κ2) is 7.63. The molecule has 0 saturated carbocycles. The zero-order chi connectivity index (χ0) is 19.6. The Labute approximate surface area is 157 Å². The molecule has 2 aromatic carbocycles. The van der Waals surface area contributed by atoms with Crippen molar-refractivity contribution in [1.29, 1.82) is 0 Å². The van der Waals surface area contributed by atoms with Gasteiger partial charge in [0.25, 0.3) is 5.91 Å². The van der Waals surface area contributed by atoms with Crippen molar-refractivity contribution in [3.8, 4) is 0 Å². The molecule has 3 aromatic rings. The molecule has 0 atom stereocenters. The van der Waals surface area contributed by atoms with Gasteiger partial charge in [0.2, 0.25) is 5.95 Å². The van der Waals surface area contributed by atoms with Crippen molar-refractivity contribution in [2.45, 2.75) is 6.92 Å². The van der Waals surface area contributed by atoms with Gasteiger partial charge in [0.15, 0.2) is 17.5 Å². The predicted molar refractivity (Wildman–Crippen MR) is 95.8 cm³/mol. The lowest BCUT2D eigenvalue weighted by atomic mass is 10.2. The standard InChI is InChI=1S/C18H12ClF3N4O/c1-9-2-3-10(8-11(9)19)24-17(27)14-6-7-23-18(26-14)25-13-5-4-12(20)15(21)16(13)22/h2-8H,1H3,(H,24,27)(H,23,25,26). The first kappa shape index (κ1) is 18.7. The van der Waals surface area contributed by atoms with E-state index in [1.807, 2.05) is 6.92 Å². The molecule has 0 radical (unpaired) electrons. The first-order chi connectivity index (χ1) is 12.8. The number of rotatable bonds is 4. The van der Waals surface area contributed by atoms with Crippen LogP contribution < -0.4 is 10.6 Å². The highest BCUT2D eigenvalue weighted by atomic mass is 35.5. The Kier molecular flexibility index (Phi) is 5.27. The van der Waals surface area contributed by atoms with Crippen LogP contribution in [0.25, 0.3) is 0 Å². The molecule has 0 aliphatic heterocycles. The summed E-state index contributed by atoms with van der Waals surface area (Å²) in [6.45, 7) is 1.83. The van der Waals surface area contributed by atoms with E-state index < -0.39 is 23.4 Å². The molecule has 0 unspecified atom stereocenters. The topological polar surface area (TPSA) is 66.9 Å². The SMILES string of the molecule is Cc1ccc(NC(=O)c2ccnc(Nc3ccc(F)c(F)c3F)n2)cc1Cl. The van der Waals surface area contributed by atoms with Crippen molar-refractivity contribution in [3.63, 3.8) is 0 Å².